The standard InChI is InChI=1S/C12H18N2O3S/c1-9-5-4-6-11(14(15)16)12(9)13-8-7-10(2)18(3)17/h4-6,10,13H,7-8H2,1-3H3. The number of para-hydroxylation sites is 1. The van der Waals surface area contributed by atoms with Gasteiger partial charge in [0.1, 0.15) is 5.69 Å². The first kappa shape index (κ1) is 14.6. The summed E-state index contributed by atoms with van der Waals surface area (Å²) in [5.41, 5.74) is 1.48. The Morgan fingerprint density at radius 3 is 2.72 bits per heavy atom. The molecule has 1 aromatic rings. The van der Waals surface area contributed by atoms with Crippen LogP contribution in [0.5, 0.6) is 0 Å². The van der Waals surface area contributed by atoms with Gasteiger partial charge in [-0.1, -0.05) is 19.1 Å². The number of nitrogens with one attached hydrogen (secondary N) is 1. The lowest BCUT2D eigenvalue weighted by atomic mass is 10.1. The first-order chi connectivity index (χ1) is 8.43. The first-order valence-electron chi connectivity index (χ1n) is 5.73. The van der Waals surface area contributed by atoms with Crippen LogP contribution in [0.3, 0.4) is 0 Å². The zero-order valence-electron chi connectivity index (χ0n) is 10.8. The summed E-state index contributed by atoms with van der Waals surface area (Å²) >= 11 is 0. The van der Waals surface area contributed by atoms with E-state index in [1.54, 1.807) is 12.3 Å². The molecule has 1 aromatic carbocycles. The van der Waals surface area contributed by atoms with E-state index in [2.05, 4.69) is 5.32 Å². The van der Waals surface area contributed by atoms with Gasteiger partial charge in [-0.15, -0.1) is 0 Å². The van der Waals surface area contributed by atoms with Gasteiger partial charge in [0.2, 0.25) is 0 Å². The second-order valence-electron chi connectivity index (χ2n) is 4.25. The highest BCUT2D eigenvalue weighted by Crippen LogP contribution is 2.27. The smallest absolute Gasteiger partial charge is 0.292 e. The Morgan fingerprint density at radius 2 is 2.17 bits per heavy atom. The lowest BCUT2D eigenvalue weighted by molar-refractivity contribution is -0.384. The Bertz CT molecular complexity index is 463. The monoisotopic (exact) mass is 270 g/mol. The Labute approximate surface area is 109 Å². The number of nitrogens with zero attached hydrogens (tertiary/aromatic N) is 1. The minimum Gasteiger partial charge on any atom is -0.379 e. The summed E-state index contributed by atoms with van der Waals surface area (Å²) in [4.78, 5) is 10.5. The molecule has 2 unspecified atom stereocenters. The number of aryl methyl sites for hydroxylation is 1. The molecule has 0 saturated carbocycles. The number of anilines is 1. The molecule has 1 rings (SSSR count). The van der Waals surface area contributed by atoms with Crippen LogP contribution in [-0.4, -0.2) is 27.2 Å². The largest absolute Gasteiger partial charge is 0.379 e. The maximum absolute atomic E-state index is 11.2. The number of benzene rings is 1. The summed E-state index contributed by atoms with van der Waals surface area (Å²) in [7, 11) is -0.862. The predicted molar refractivity (Wildman–Crippen MR) is 74.5 cm³/mol. The van der Waals surface area contributed by atoms with E-state index in [1.165, 1.54) is 6.07 Å². The van der Waals surface area contributed by atoms with E-state index < -0.39 is 15.7 Å². The zero-order valence-corrected chi connectivity index (χ0v) is 11.6. The minimum absolute atomic E-state index is 0.0836. The van der Waals surface area contributed by atoms with E-state index in [4.69, 9.17) is 0 Å². The number of hydrogen-bond acceptors (Lipinski definition) is 4. The average molecular weight is 270 g/mol. The van der Waals surface area contributed by atoms with Gasteiger partial charge in [-0.2, -0.15) is 0 Å². The lowest BCUT2D eigenvalue weighted by Gasteiger charge is -2.12. The van der Waals surface area contributed by atoms with Crippen LogP contribution in [-0.2, 0) is 10.8 Å². The van der Waals surface area contributed by atoms with Gasteiger partial charge < -0.3 is 5.32 Å². The number of nitro benzene ring substituents is 1. The number of rotatable bonds is 6. The zero-order chi connectivity index (χ0) is 13.7. The summed E-state index contributed by atoms with van der Waals surface area (Å²) in [6.07, 6.45) is 2.38. The Hall–Kier alpha value is -1.43. The van der Waals surface area contributed by atoms with Crippen molar-refractivity contribution in [2.75, 3.05) is 18.1 Å². The predicted octanol–water partition coefficient (Wildman–Crippen LogP) is 2.47. The second kappa shape index (κ2) is 6.49. The Balaban J connectivity index is 2.72. The topological polar surface area (TPSA) is 72.2 Å². The van der Waals surface area contributed by atoms with E-state index in [-0.39, 0.29) is 10.9 Å². The Kier molecular flexibility index (Phi) is 5.27. The molecule has 0 aromatic heterocycles. The maximum Gasteiger partial charge on any atom is 0.292 e. The highest BCUT2D eigenvalue weighted by Gasteiger charge is 2.15. The third kappa shape index (κ3) is 3.80. The van der Waals surface area contributed by atoms with Crippen LogP contribution in [0.15, 0.2) is 18.2 Å². The Morgan fingerprint density at radius 1 is 1.50 bits per heavy atom. The van der Waals surface area contributed by atoms with Crippen molar-refractivity contribution < 1.29 is 9.13 Å². The SMILES string of the molecule is Cc1cccc([N+](=O)[O-])c1NCCC(C)S(C)=O. The van der Waals surface area contributed by atoms with Crippen LogP contribution >= 0.6 is 0 Å². The summed E-state index contributed by atoms with van der Waals surface area (Å²) in [6.45, 7) is 4.31. The molecule has 0 bridgehead atoms. The molecule has 0 aliphatic rings. The summed E-state index contributed by atoms with van der Waals surface area (Å²) < 4.78 is 11.2. The van der Waals surface area contributed by atoms with Crippen molar-refractivity contribution in [1.29, 1.82) is 0 Å². The summed E-state index contributed by atoms with van der Waals surface area (Å²) in [6, 6.07) is 4.98. The van der Waals surface area contributed by atoms with Crippen molar-refractivity contribution in [3.8, 4) is 0 Å². The van der Waals surface area contributed by atoms with Crippen LogP contribution < -0.4 is 5.32 Å². The molecule has 0 aliphatic carbocycles. The molecule has 0 fully saturated rings. The molecule has 100 valence electrons. The van der Waals surface area contributed by atoms with Crippen molar-refractivity contribution in [3.05, 3.63) is 33.9 Å². The molecule has 0 heterocycles. The fraction of sp³-hybridized carbons (Fsp3) is 0.500. The van der Waals surface area contributed by atoms with E-state index >= 15 is 0 Å². The average Bonchev–Trinajstić information content (AvgIpc) is 2.30. The van der Waals surface area contributed by atoms with E-state index in [1.807, 2.05) is 19.9 Å². The van der Waals surface area contributed by atoms with E-state index in [0.29, 0.717) is 18.7 Å². The first-order valence-corrected chi connectivity index (χ1v) is 7.35. The molecule has 0 radical (unpaired) electrons. The van der Waals surface area contributed by atoms with Gasteiger partial charge in [0.05, 0.1) is 4.92 Å². The highest BCUT2D eigenvalue weighted by atomic mass is 32.2. The van der Waals surface area contributed by atoms with Gasteiger partial charge in [-0.25, -0.2) is 0 Å². The maximum atomic E-state index is 11.2. The van der Waals surface area contributed by atoms with Gasteiger partial charge in [-0.05, 0) is 18.9 Å². The van der Waals surface area contributed by atoms with Crippen LogP contribution in [0.2, 0.25) is 0 Å². The molecule has 1 N–H and O–H groups in total. The minimum atomic E-state index is -0.862. The lowest BCUT2D eigenvalue weighted by Crippen LogP contribution is -2.15. The van der Waals surface area contributed by atoms with Crippen LogP contribution in [0.25, 0.3) is 0 Å². The molecule has 0 aliphatic heterocycles. The van der Waals surface area contributed by atoms with E-state index in [0.717, 1.165) is 5.56 Å². The normalized spacial score (nSPS) is 13.9. The second-order valence-corrected chi connectivity index (χ2v) is 6.05. The molecule has 0 amide bonds. The van der Waals surface area contributed by atoms with Crippen LogP contribution in [0, 0.1) is 17.0 Å². The van der Waals surface area contributed by atoms with Gasteiger partial charge >= 0.3 is 0 Å². The van der Waals surface area contributed by atoms with Crippen LogP contribution in [0.1, 0.15) is 18.9 Å². The third-order valence-corrected chi connectivity index (χ3v) is 4.24. The van der Waals surface area contributed by atoms with Crippen molar-refractivity contribution in [2.24, 2.45) is 0 Å². The van der Waals surface area contributed by atoms with E-state index in [9.17, 15) is 14.3 Å². The summed E-state index contributed by atoms with van der Waals surface area (Å²) in [5, 5.41) is 14.1. The fourth-order valence-corrected chi connectivity index (χ4v) is 2.05. The van der Waals surface area contributed by atoms with Gasteiger partial charge in [0, 0.05) is 34.9 Å². The van der Waals surface area contributed by atoms with Crippen LogP contribution in [0.4, 0.5) is 11.4 Å². The van der Waals surface area contributed by atoms with Crippen molar-refractivity contribution in [1.82, 2.24) is 0 Å². The molecule has 2 atom stereocenters. The van der Waals surface area contributed by atoms with Crippen molar-refractivity contribution in [2.45, 2.75) is 25.5 Å². The highest BCUT2D eigenvalue weighted by molar-refractivity contribution is 7.84. The molecule has 18 heavy (non-hydrogen) atoms. The van der Waals surface area contributed by atoms with Gasteiger partial charge in [-0.3, -0.25) is 14.3 Å². The third-order valence-electron chi connectivity index (χ3n) is 2.87. The molecule has 5 nitrogen and oxygen atoms in total. The number of nitro groups is 1. The molecule has 6 heteroatoms. The number of hydrogen-bond donors (Lipinski definition) is 1. The molecule has 0 saturated heterocycles. The fourth-order valence-electron chi connectivity index (χ4n) is 1.60. The summed E-state index contributed by atoms with van der Waals surface area (Å²) in [5.74, 6) is 0. The molecule has 0 spiro atoms. The molecular weight excluding hydrogens is 252 g/mol. The van der Waals surface area contributed by atoms with Gasteiger partial charge in [0.25, 0.3) is 5.69 Å². The quantitative estimate of drug-likeness (QED) is 0.636. The van der Waals surface area contributed by atoms with Crippen molar-refractivity contribution >= 4 is 22.2 Å². The molecular formula is C12H18N2O3S. The van der Waals surface area contributed by atoms with Gasteiger partial charge in [0.15, 0.2) is 0 Å². The van der Waals surface area contributed by atoms with Crippen molar-refractivity contribution in [3.63, 3.8) is 0 Å².